The van der Waals surface area contributed by atoms with E-state index in [4.69, 9.17) is 4.74 Å². The summed E-state index contributed by atoms with van der Waals surface area (Å²) < 4.78 is 6.70. The molecule has 0 spiro atoms. The minimum Gasteiger partial charge on any atom is -0.462 e. The molecule has 21 heavy (non-hydrogen) atoms. The van der Waals surface area contributed by atoms with Crippen LogP contribution in [-0.2, 0) is 23.1 Å². The molecule has 2 rings (SSSR count). The Bertz CT molecular complexity index is 510. The van der Waals surface area contributed by atoms with Crippen LogP contribution in [0.4, 0.5) is 0 Å². The van der Waals surface area contributed by atoms with Crippen molar-refractivity contribution in [2.24, 2.45) is 7.05 Å². The van der Waals surface area contributed by atoms with Gasteiger partial charge in [0.25, 0.3) is 0 Å². The lowest BCUT2D eigenvalue weighted by Gasteiger charge is -2.25. The average Bonchev–Trinajstić information content (AvgIpc) is 2.80. The molecule has 1 saturated heterocycles. The summed E-state index contributed by atoms with van der Waals surface area (Å²) in [6, 6.07) is 0. The molecule has 6 nitrogen and oxygen atoms in total. The number of aryl methyl sites for hydroxylation is 1. The number of likely N-dealkylation sites (tertiary alicyclic amines) is 1. The summed E-state index contributed by atoms with van der Waals surface area (Å²) in [5.41, 5.74) is 1.19. The van der Waals surface area contributed by atoms with Crippen LogP contribution in [0.1, 0.15) is 55.1 Å². The summed E-state index contributed by atoms with van der Waals surface area (Å²) in [4.78, 5) is 26.0. The predicted octanol–water partition coefficient (Wildman–Crippen LogP) is 1.89. The first-order valence-corrected chi connectivity index (χ1v) is 7.59. The Balaban J connectivity index is 2.15. The maximum absolute atomic E-state index is 12.2. The third-order valence-corrected chi connectivity index (χ3v) is 3.82. The van der Waals surface area contributed by atoms with Gasteiger partial charge < -0.3 is 9.64 Å². The zero-order chi connectivity index (χ0) is 15.2. The van der Waals surface area contributed by atoms with Crippen molar-refractivity contribution in [2.45, 2.75) is 45.6 Å². The van der Waals surface area contributed by atoms with Gasteiger partial charge in [0.05, 0.1) is 25.0 Å². The van der Waals surface area contributed by atoms with Gasteiger partial charge in [-0.15, -0.1) is 0 Å². The molecule has 1 fully saturated rings. The highest BCUT2D eigenvalue weighted by molar-refractivity contribution is 5.90. The molecule has 1 amide bonds. The number of rotatable bonds is 4. The number of carbonyl (C=O) groups is 2. The number of hydrogen-bond acceptors (Lipinski definition) is 4. The molecule has 1 aliphatic heterocycles. The molecule has 0 aromatic carbocycles. The van der Waals surface area contributed by atoms with Gasteiger partial charge in [-0.2, -0.15) is 5.10 Å². The summed E-state index contributed by atoms with van der Waals surface area (Å²) in [6.45, 7) is 3.27. The van der Waals surface area contributed by atoms with Crippen molar-refractivity contribution in [3.05, 3.63) is 17.5 Å². The molecule has 2 heterocycles. The number of carbonyl (C=O) groups excluding carboxylic acids is 2. The van der Waals surface area contributed by atoms with E-state index in [1.165, 1.54) is 6.20 Å². The van der Waals surface area contributed by atoms with E-state index in [2.05, 4.69) is 5.10 Å². The maximum Gasteiger partial charge on any atom is 0.341 e. The second kappa shape index (κ2) is 7.24. The van der Waals surface area contributed by atoms with Crippen LogP contribution in [0, 0.1) is 0 Å². The van der Waals surface area contributed by atoms with Crippen molar-refractivity contribution in [2.75, 3.05) is 13.2 Å². The Morgan fingerprint density at radius 2 is 2.10 bits per heavy atom. The van der Waals surface area contributed by atoms with Crippen LogP contribution >= 0.6 is 0 Å². The van der Waals surface area contributed by atoms with Crippen molar-refractivity contribution in [3.8, 4) is 0 Å². The van der Waals surface area contributed by atoms with E-state index in [1.54, 1.807) is 18.7 Å². The first-order valence-electron chi connectivity index (χ1n) is 7.59. The lowest BCUT2D eigenvalue weighted by atomic mass is 10.1. The smallest absolute Gasteiger partial charge is 0.341 e. The number of hydrogen-bond donors (Lipinski definition) is 0. The first-order chi connectivity index (χ1) is 10.1. The number of aromatic nitrogens is 2. The quantitative estimate of drug-likeness (QED) is 0.795. The third-order valence-electron chi connectivity index (χ3n) is 3.82. The monoisotopic (exact) mass is 293 g/mol. The molecule has 0 aliphatic carbocycles. The highest BCUT2D eigenvalue weighted by Gasteiger charge is 2.22. The molecular formula is C15H23N3O3. The fraction of sp³-hybridized carbons (Fsp3) is 0.667. The summed E-state index contributed by atoms with van der Waals surface area (Å²) in [5.74, 6) is -0.217. The molecular weight excluding hydrogens is 270 g/mol. The van der Waals surface area contributed by atoms with Crippen LogP contribution in [0.2, 0.25) is 0 Å². The van der Waals surface area contributed by atoms with Gasteiger partial charge in [-0.3, -0.25) is 9.48 Å². The summed E-state index contributed by atoms with van der Waals surface area (Å²) >= 11 is 0. The van der Waals surface area contributed by atoms with E-state index in [-0.39, 0.29) is 11.9 Å². The topological polar surface area (TPSA) is 64.4 Å². The van der Waals surface area contributed by atoms with Crippen molar-refractivity contribution >= 4 is 11.9 Å². The highest BCUT2D eigenvalue weighted by atomic mass is 16.5. The molecule has 0 unspecified atom stereocenters. The summed E-state index contributed by atoms with van der Waals surface area (Å²) in [5, 5.41) is 4.13. The van der Waals surface area contributed by atoms with Crippen LogP contribution in [0.5, 0.6) is 0 Å². The summed E-state index contributed by atoms with van der Waals surface area (Å²) in [6.07, 6.45) is 6.34. The zero-order valence-electron chi connectivity index (χ0n) is 12.8. The van der Waals surface area contributed by atoms with Gasteiger partial charge >= 0.3 is 5.97 Å². The van der Waals surface area contributed by atoms with Crippen molar-refractivity contribution in [3.63, 3.8) is 0 Å². The lowest BCUT2D eigenvalue weighted by Crippen LogP contribution is -2.33. The Labute approximate surface area is 125 Å². The molecule has 116 valence electrons. The van der Waals surface area contributed by atoms with Crippen molar-refractivity contribution in [1.82, 2.24) is 14.7 Å². The van der Waals surface area contributed by atoms with Crippen molar-refractivity contribution < 1.29 is 14.3 Å². The average molecular weight is 293 g/mol. The molecule has 1 aromatic rings. The minimum atomic E-state index is -0.375. The Morgan fingerprint density at radius 1 is 1.33 bits per heavy atom. The molecule has 6 heteroatoms. The van der Waals surface area contributed by atoms with E-state index in [0.29, 0.717) is 25.1 Å². The van der Waals surface area contributed by atoms with Gasteiger partial charge in [0, 0.05) is 20.0 Å². The van der Waals surface area contributed by atoms with Gasteiger partial charge in [-0.05, 0) is 19.8 Å². The highest BCUT2D eigenvalue weighted by Crippen LogP contribution is 2.17. The number of ether oxygens (including phenoxy) is 1. The molecule has 0 bridgehead atoms. The second-order valence-corrected chi connectivity index (χ2v) is 5.33. The summed E-state index contributed by atoms with van der Waals surface area (Å²) in [7, 11) is 1.78. The predicted molar refractivity (Wildman–Crippen MR) is 77.7 cm³/mol. The number of nitrogens with zero attached hydrogens (tertiary/aromatic N) is 3. The first kappa shape index (κ1) is 15.5. The third kappa shape index (κ3) is 3.83. The van der Waals surface area contributed by atoms with E-state index >= 15 is 0 Å². The normalized spacial score (nSPS) is 16.5. The number of amides is 1. The fourth-order valence-corrected chi connectivity index (χ4v) is 2.59. The van der Waals surface area contributed by atoms with Crippen LogP contribution in [0.25, 0.3) is 0 Å². The molecule has 1 aromatic heterocycles. The SMILES string of the molecule is CCOC(=O)c1cnn(C)c1CN1CCCCCCC1=O. The Morgan fingerprint density at radius 3 is 2.86 bits per heavy atom. The van der Waals surface area contributed by atoms with Gasteiger partial charge in [0.15, 0.2) is 0 Å². The minimum absolute atomic E-state index is 0.158. The number of esters is 1. The molecule has 0 saturated carbocycles. The second-order valence-electron chi connectivity index (χ2n) is 5.33. The maximum atomic E-state index is 12.2. The molecule has 0 radical (unpaired) electrons. The van der Waals surface area contributed by atoms with E-state index < -0.39 is 0 Å². The molecule has 0 atom stereocenters. The lowest BCUT2D eigenvalue weighted by molar-refractivity contribution is -0.132. The van der Waals surface area contributed by atoms with E-state index in [1.807, 2.05) is 4.90 Å². The van der Waals surface area contributed by atoms with Gasteiger partial charge in [-0.25, -0.2) is 4.79 Å². The van der Waals surface area contributed by atoms with E-state index in [0.717, 1.165) is 37.9 Å². The zero-order valence-corrected chi connectivity index (χ0v) is 12.8. The van der Waals surface area contributed by atoms with Crippen LogP contribution in [0.15, 0.2) is 6.20 Å². The molecule has 1 aliphatic rings. The standard InChI is InChI=1S/C15H23N3O3/c1-3-21-15(20)12-10-16-17(2)13(12)11-18-9-7-5-4-6-8-14(18)19/h10H,3-9,11H2,1-2H3. The van der Waals surface area contributed by atoms with Gasteiger partial charge in [-0.1, -0.05) is 12.8 Å². The van der Waals surface area contributed by atoms with Gasteiger partial charge in [0.1, 0.15) is 5.56 Å². The Hall–Kier alpha value is -1.85. The van der Waals surface area contributed by atoms with Crippen LogP contribution in [-0.4, -0.2) is 39.7 Å². The van der Waals surface area contributed by atoms with E-state index in [9.17, 15) is 9.59 Å². The van der Waals surface area contributed by atoms with Gasteiger partial charge in [0.2, 0.25) is 5.91 Å². The van der Waals surface area contributed by atoms with Crippen LogP contribution < -0.4 is 0 Å². The largest absolute Gasteiger partial charge is 0.462 e. The van der Waals surface area contributed by atoms with Crippen molar-refractivity contribution in [1.29, 1.82) is 0 Å². The molecule has 0 N–H and O–H groups in total. The fourth-order valence-electron chi connectivity index (χ4n) is 2.59. The Kier molecular flexibility index (Phi) is 5.36. The van der Waals surface area contributed by atoms with Crippen LogP contribution in [0.3, 0.4) is 0 Å².